The van der Waals surface area contributed by atoms with Gasteiger partial charge in [-0.1, -0.05) is 5.16 Å². The van der Waals surface area contributed by atoms with Crippen LogP contribution in [0.3, 0.4) is 0 Å². The molecule has 0 aliphatic heterocycles. The van der Waals surface area contributed by atoms with Gasteiger partial charge in [-0.15, -0.1) is 11.3 Å². The van der Waals surface area contributed by atoms with Gasteiger partial charge in [0.1, 0.15) is 0 Å². The van der Waals surface area contributed by atoms with Crippen molar-refractivity contribution in [2.45, 2.75) is 26.7 Å². The second-order valence-electron chi connectivity index (χ2n) is 4.73. The fourth-order valence-corrected chi connectivity index (χ4v) is 2.86. The lowest BCUT2D eigenvalue weighted by Gasteiger charge is -1.97. The summed E-state index contributed by atoms with van der Waals surface area (Å²) in [4.78, 5) is 2.59. The summed E-state index contributed by atoms with van der Waals surface area (Å²) in [6.45, 7) is 5.25. The topological polar surface area (TPSA) is 38.1 Å². The third-order valence-corrected chi connectivity index (χ3v) is 4.05. The van der Waals surface area contributed by atoms with Crippen LogP contribution < -0.4 is 5.32 Å². The van der Waals surface area contributed by atoms with E-state index in [1.807, 2.05) is 6.07 Å². The SMILES string of the molecule is Cc1cc(-c2cc(NCC3CC3)no2)c(C)s1. The number of aromatic nitrogens is 1. The molecule has 0 amide bonds. The van der Waals surface area contributed by atoms with Crippen LogP contribution in [0.1, 0.15) is 22.6 Å². The predicted molar refractivity (Wildman–Crippen MR) is 70.5 cm³/mol. The van der Waals surface area contributed by atoms with E-state index in [0.717, 1.165) is 24.0 Å². The molecule has 1 fully saturated rings. The summed E-state index contributed by atoms with van der Waals surface area (Å²) in [5.41, 5.74) is 1.17. The highest BCUT2D eigenvalue weighted by molar-refractivity contribution is 7.12. The molecular weight excluding hydrogens is 232 g/mol. The standard InChI is InChI=1S/C13H16N2OS/c1-8-5-11(9(2)17-8)12-6-13(15-16-12)14-7-10-3-4-10/h5-6,10H,3-4,7H2,1-2H3,(H,14,15). The number of rotatable bonds is 4. The van der Waals surface area contributed by atoms with Crippen molar-refractivity contribution in [3.63, 3.8) is 0 Å². The van der Waals surface area contributed by atoms with E-state index in [9.17, 15) is 0 Å². The Morgan fingerprint density at radius 3 is 2.88 bits per heavy atom. The Kier molecular flexibility index (Phi) is 2.67. The zero-order valence-corrected chi connectivity index (χ0v) is 10.9. The minimum Gasteiger partial charge on any atom is -0.367 e. The van der Waals surface area contributed by atoms with Crippen LogP contribution in [0.5, 0.6) is 0 Å². The first-order valence-electron chi connectivity index (χ1n) is 6.00. The van der Waals surface area contributed by atoms with Crippen molar-refractivity contribution in [3.05, 3.63) is 21.9 Å². The molecule has 1 saturated carbocycles. The van der Waals surface area contributed by atoms with Crippen molar-refractivity contribution in [2.24, 2.45) is 5.92 Å². The van der Waals surface area contributed by atoms with E-state index in [1.54, 1.807) is 11.3 Å². The Morgan fingerprint density at radius 2 is 2.24 bits per heavy atom. The van der Waals surface area contributed by atoms with Crippen LogP contribution in [-0.4, -0.2) is 11.7 Å². The van der Waals surface area contributed by atoms with Gasteiger partial charge in [0, 0.05) is 27.9 Å². The Balaban J connectivity index is 1.76. The lowest BCUT2D eigenvalue weighted by molar-refractivity contribution is 0.434. The number of hydrogen-bond donors (Lipinski definition) is 1. The minimum atomic E-state index is 0.847. The van der Waals surface area contributed by atoms with Gasteiger partial charge in [-0.05, 0) is 38.7 Å². The normalized spacial score (nSPS) is 15.2. The summed E-state index contributed by atoms with van der Waals surface area (Å²) in [6, 6.07) is 4.15. The molecule has 0 bridgehead atoms. The summed E-state index contributed by atoms with van der Waals surface area (Å²) in [5, 5.41) is 7.38. The van der Waals surface area contributed by atoms with Crippen molar-refractivity contribution in [3.8, 4) is 11.3 Å². The van der Waals surface area contributed by atoms with E-state index >= 15 is 0 Å². The number of anilines is 1. The molecule has 2 aromatic rings. The number of hydrogen-bond acceptors (Lipinski definition) is 4. The molecule has 0 radical (unpaired) electrons. The van der Waals surface area contributed by atoms with Gasteiger partial charge in [0.2, 0.25) is 0 Å². The first-order chi connectivity index (χ1) is 8.22. The predicted octanol–water partition coefficient (Wildman–Crippen LogP) is 3.84. The highest BCUT2D eigenvalue weighted by Gasteiger charge is 2.21. The number of nitrogens with one attached hydrogen (secondary N) is 1. The molecule has 0 saturated heterocycles. The van der Waals surface area contributed by atoms with Crippen molar-refractivity contribution in [1.82, 2.24) is 5.16 Å². The summed E-state index contributed by atoms with van der Waals surface area (Å²) in [7, 11) is 0. The summed E-state index contributed by atoms with van der Waals surface area (Å²) in [5.74, 6) is 2.57. The Hall–Kier alpha value is -1.29. The highest BCUT2D eigenvalue weighted by Crippen LogP contribution is 2.32. The molecule has 2 aromatic heterocycles. The molecule has 3 nitrogen and oxygen atoms in total. The summed E-state index contributed by atoms with van der Waals surface area (Å²) >= 11 is 1.79. The lowest BCUT2D eigenvalue weighted by atomic mass is 10.2. The summed E-state index contributed by atoms with van der Waals surface area (Å²) < 4.78 is 5.39. The molecule has 1 aliphatic rings. The molecule has 0 atom stereocenters. The zero-order chi connectivity index (χ0) is 11.8. The van der Waals surface area contributed by atoms with Crippen molar-refractivity contribution < 1.29 is 4.52 Å². The molecule has 17 heavy (non-hydrogen) atoms. The maximum atomic E-state index is 5.39. The molecule has 0 aromatic carbocycles. The molecule has 4 heteroatoms. The van der Waals surface area contributed by atoms with Gasteiger partial charge < -0.3 is 9.84 Å². The molecular formula is C13H16N2OS. The second-order valence-corrected chi connectivity index (χ2v) is 6.19. The first kappa shape index (κ1) is 10.8. The fraction of sp³-hybridized carbons (Fsp3) is 0.462. The van der Waals surface area contributed by atoms with Crippen LogP contribution in [-0.2, 0) is 0 Å². The fourth-order valence-electron chi connectivity index (χ4n) is 1.93. The Bertz CT molecular complexity index is 525. The lowest BCUT2D eigenvalue weighted by Crippen LogP contribution is -2.02. The van der Waals surface area contributed by atoms with E-state index in [2.05, 4.69) is 30.4 Å². The van der Waals surface area contributed by atoms with Gasteiger partial charge in [0.05, 0.1) is 0 Å². The van der Waals surface area contributed by atoms with Crippen LogP contribution in [0, 0.1) is 19.8 Å². The molecule has 0 spiro atoms. The number of nitrogens with zero attached hydrogens (tertiary/aromatic N) is 1. The van der Waals surface area contributed by atoms with Gasteiger partial charge in [-0.2, -0.15) is 0 Å². The monoisotopic (exact) mass is 248 g/mol. The van der Waals surface area contributed by atoms with Gasteiger partial charge in [-0.3, -0.25) is 0 Å². The van der Waals surface area contributed by atoms with E-state index in [-0.39, 0.29) is 0 Å². The van der Waals surface area contributed by atoms with Crippen LogP contribution >= 0.6 is 11.3 Å². The second kappa shape index (κ2) is 4.18. The van der Waals surface area contributed by atoms with Crippen LogP contribution in [0.2, 0.25) is 0 Å². The highest BCUT2D eigenvalue weighted by atomic mass is 32.1. The van der Waals surface area contributed by atoms with Crippen LogP contribution in [0.4, 0.5) is 5.82 Å². The molecule has 1 aliphatic carbocycles. The third kappa shape index (κ3) is 2.36. The average Bonchev–Trinajstić information content (AvgIpc) is 2.90. The number of thiophene rings is 1. The quantitative estimate of drug-likeness (QED) is 0.893. The van der Waals surface area contributed by atoms with E-state index in [1.165, 1.54) is 28.2 Å². The smallest absolute Gasteiger partial charge is 0.170 e. The summed E-state index contributed by atoms with van der Waals surface area (Å²) in [6.07, 6.45) is 2.70. The Morgan fingerprint density at radius 1 is 1.41 bits per heavy atom. The Labute approximate surface area is 105 Å². The number of aryl methyl sites for hydroxylation is 2. The van der Waals surface area contributed by atoms with Gasteiger partial charge in [-0.25, -0.2) is 0 Å². The van der Waals surface area contributed by atoms with E-state index in [0.29, 0.717) is 0 Å². The molecule has 0 unspecified atom stereocenters. The maximum Gasteiger partial charge on any atom is 0.170 e. The molecule has 90 valence electrons. The third-order valence-electron chi connectivity index (χ3n) is 3.09. The van der Waals surface area contributed by atoms with Gasteiger partial charge in [0.15, 0.2) is 11.6 Å². The average molecular weight is 248 g/mol. The van der Waals surface area contributed by atoms with Crippen molar-refractivity contribution in [1.29, 1.82) is 0 Å². The molecule has 3 rings (SSSR count). The first-order valence-corrected chi connectivity index (χ1v) is 6.82. The van der Waals surface area contributed by atoms with Gasteiger partial charge >= 0.3 is 0 Å². The van der Waals surface area contributed by atoms with Crippen molar-refractivity contribution >= 4 is 17.2 Å². The van der Waals surface area contributed by atoms with Crippen molar-refractivity contribution in [2.75, 3.05) is 11.9 Å². The zero-order valence-electron chi connectivity index (χ0n) is 10.1. The maximum absolute atomic E-state index is 5.39. The van der Waals surface area contributed by atoms with Crippen LogP contribution in [0.15, 0.2) is 16.7 Å². The molecule has 1 N–H and O–H groups in total. The largest absolute Gasteiger partial charge is 0.367 e. The van der Waals surface area contributed by atoms with Gasteiger partial charge in [0.25, 0.3) is 0 Å². The van der Waals surface area contributed by atoms with E-state index in [4.69, 9.17) is 4.52 Å². The van der Waals surface area contributed by atoms with Crippen LogP contribution in [0.25, 0.3) is 11.3 Å². The van der Waals surface area contributed by atoms with E-state index < -0.39 is 0 Å². The minimum absolute atomic E-state index is 0.847. The molecule has 2 heterocycles.